The lowest BCUT2D eigenvalue weighted by molar-refractivity contribution is 0.669. The molecule has 0 atom stereocenters. The Morgan fingerprint density at radius 1 is 0.288 bits per heavy atom. The lowest BCUT2D eigenvalue weighted by Gasteiger charge is -2.27. The second-order valence-electron chi connectivity index (χ2n) is 13.3. The number of furan rings is 1. The normalized spacial score (nSPS) is 11.5. The van der Waals surface area contributed by atoms with Gasteiger partial charge in [0.1, 0.15) is 11.2 Å². The van der Waals surface area contributed by atoms with Gasteiger partial charge in [-0.1, -0.05) is 140 Å². The predicted octanol–water partition coefficient (Wildman–Crippen LogP) is 14.4. The largest absolute Gasteiger partial charge is 0.456 e. The van der Waals surface area contributed by atoms with E-state index in [1.807, 2.05) is 12.1 Å². The first-order chi connectivity index (χ1) is 25.8. The number of anilines is 3. The van der Waals surface area contributed by atoms with Crippen molar-refractivity contribution in [1.29, 1.82) is 0 Å². The molecule has 52 heavy (non-hydrogen) atoms. The Balaban J connectivity index is 1.12. The molecule has 1 heterocycles. The summed E-state index contributed by atoms with van der Waals surface area (Å²) in [5, 5.41) is 7.15. The molecule has 2 nitrogen and oxygen atoms in total. The van der Waals surface area contributed by atoms with Gasteiger partial charge >= 0.3 is 0 Å². The Kier molecular flexibility index (Phi) is 7.18. The number of hydrogen-bond acceptors (Lipinski definition) is 2. The van der Waals surface area contributed by atoms with Gasteiger partial charge in [-0.25, -0.2) is 0 Å². The summed E-state index contributed by atoms with van der Waals surface area (Å²) in [6, 6.07) is 71.8. The van der Waals surface area contributed by atoms with E-state index in [4.69, 9.17) is 4.42 Å². The van der Waals surface area contributed by atoms with Crippen LogP contribution in [0.5, 0.6) is 0 Å². The fourth-order valence-electron chi connectivity index (χ4n) is 7.69. The molecule has 10 rings (SSSR count). The Morgan fingerprint density at radius 3 is 1.81 bits per heavy atom. The average molecular weight is 664 g/mol. The van der Waals surface area contributed by atoms with Crippen LogP contribution in [0.3, 0.4) is 0 Å². The van der Waals surface area contributed by atoms with Crippen molar-refractivity contribution in [3.8, 4) is 33.4 Å². The zero-order valence-electron chi connectivity index (χ0n) is 28.4. The van der Waals surface area contributed by atoms with Crippen LogP contribution in [0.2, 0.25) is 0 Å². The summed E-state index contributed by atoms with van der Waals surface area (Å²) in [7, 11) is 0. The van der Waals surface area contributed by atoms with E-state index in [1.165, 1.54) is 54.9 Å². The van der Waals surface area contributed by atoms with Crippen LogP contribution < -0.4 is 4.90 Å². The minimum absolute atomic E-state index is 0.904. The number of benzene rings is 9. The Labute approximate surface area is 302 Å². The second-order valence-corrected chi connectivity index (χ2v) is 13.3. The second kappa shape index (κ2) is 12.5. The van der Waals surface area contributed by atoms with Crippen molar-refractivity contribution in [2.45, 2.75) is 0 Å². The van der Waals surface area contributed by atoms with E-state index in [1.54, 1.807) is 0 Å². The van der Waals surface area contributed by atoms with Gasteiger partial charge in [0.25, 0.3) is 0 Å². The van der Waals surface area contributed by atoms with Crippen LogP contribution >= 0.6 is 0 Å². The lowest BCUT2D eigenvalue weighted by Crippen LogP contribution is -2.10. The molecule has 0 saturated carbocycles. The minimum atomic E-state index is 0.904. The zero-order valence-corrected chi connectivity index (χ0v) is 28.4. The van der Waals surface area contributed by atoms with Gasteiger partial charge in [-0.3, -0.25) is 0 Å². The van der Waals surface area contributed by atoms with E-state index in [2.05, 4.69) is 193 Å². The molecule has 1 aromatic heterocycles. The van der Waals surface area contributed by atoms with Crippen molar-refractivity contribution in [1.82, 2.24) is 0 Å². The molecule has 10 aromatic rings. The van der Waals surface area contributed by atoms with Crippen LogP contribution in [-0.4, -0.2) is 0 Å². The van der Waals surface area contributed by atoms with Gasteiger partial charge in [0.2, 0.25) is 0 Å². The molecular formula is C50H33NO. The summed E-state index contributed by atoms with van der Waals surface area (Å²) >= 11 is 0. The maximum Gasteiger partial charge on any atom is 0.136 e. The van der Waals surface area contributed by atoms with Crippen LogP contribution in [0.1, 0.15) is 0 Å². The third-order valence-corrected chi connectivity index (χ3v) is 10.2. The van der Waals surface area contributed by atoms with Gasteiger partial charge in [-0.15, -0.1) is 0 Å². The molecule has 0 saturated heterocycles. The molecular weight excluding hydrogens is 631 g/mol. The zero-order chi connectivity index (χ0) is 34.4. The predicted molar refractivity (Wildman–Crippen MR) is 220 cm³/mol. The first-order valence-corrected chi connectivity index (χ1v) is 17.8. The molecule has 0 N–H and O–H groups in total. The van der Waals surface area contributed by atoms with Crippen molar-refractivity contribution in [3.05, 3.63) is 200 Å². The fraction of sp³-hybridized carbons (Fsp3) is 0. The molecule has 244 valence electrons. The summed E-state index contributed by atoms with van der Waals surface area (Å²) < 4.78 is 6.36. The highest BCUT2D eigenvalue weighted by Crippen LogP contribution is 2.43. The molecule has 0 amide bonds. The van der Waals surface area contributed by atoms with E-state index in [0.29, 0.717) is 0 Å². The Hall–Kier alpha value is -6.90. The van der Waals surface area contributed by atoms with Crippen LogP contribution in [0.25, 0.3) is 76.9 Å². The molecule has 0 bridgehead atoms. The lowest BCUT2D eigenvalue weighted by atomic mass is 9.90. The molecule has 0 aliphatic heterocycles. The maximum atomic E-state index is 6.36. The number of rotatable bonds is 6. The van der Waals surface area contributed by atoms with Crippen LogP contribution in [0, 0.1) is 0 Å². The molecule has 0 spiro atoms. The summed E-state index contributed by atoms with van der Waals surface area (Å²) in [5.41, 5.74) is 12.2. The van der Waals surface area contributed by atoms with Crippen LogP contribution in [-0.2, 0) is 0 Å². The molecule has 9 aromatic carbocycles. The average Bonchev–Trinajstić information content (AvgIpc) is 3.58. The number of fused-ring (bicyclic) bond motifs is 5. The van der Waals surface area contributed by atoms with Crippen LogP contribution in [0.15, 0.2) is 205 Å². The molecule has 0 aliphatic rings. The van der Waals surface area contributed by atoms with Gasteiger partial charge in [-0.05, 0) is 116 Å². The molecule has 0 aliphatic carbocycles. The third-order valence-electron chi connectivity index (χ3n) is 10.2. The molecule has 2 heteroatoms. The molecule has 0 unspecified atom stereocenters. The van der Waals surface area contributed by atoms with E-state index in [9.17, 15) is 0 Å². The van der Waals surface area contributed by atoms with E-state index < -0.39 is 0 Å². The first kappa shape index (κ1) is 30.0. The SMILES string of the molecule is c1ccc(-c2cc(N(c3ccccc3)c3ccc(-c4ccc5ccccc5c4)cc3)ccc2-c2cccc3cc4c(cc23)oc2ccccc24)cc1. The number of hydrogen-bond donors (Lipinski definition) is 0. The summed E-state index contributed by atoms with van der Waals surface area (Å²) in [6.07, 6.45) is 0. The smallest absolute Gasteiger partial charge is 0.136 e. The van der Waals surface area contributed by atoms with E-state index >= 15 is 0 Å². The summed E-state index contributed by atoms with van der Waals surface area (Å²) in [6.45, 7) is 0. The highest BCUT2D eigenvalue weighted by Gasteiger charge is 2.18. The first-order valence-electron chi connectivity index (χ1n) is 17.8. The Morgan fingerprint density at radius 2 is 0.962 bits per heavy atom. The summed E-state index contributed by atoms with van der Waals surface area (Å²) in [4.78, 5) is 2.35. The van der Waals surface area contributed by atoms with E-state index in [0.717, 1.165) is 39.0 Å². The standard InChI is InChI=1S/C50H33NO/c1-3-13-36(14-4-1)46-32-42(28-29-44(46)43-20-11-16-39-31-48-45-19-9-10-21-49(45)52-50(48)33-47(39)43)51(40-17-5-2-6-18-40)41-26-24-35(25-27-41)38-23-22-34-12-7-8-15-37(34)30-38/h1-33H. The van der Waals surface area contributed by atoms with Gasteiger partial charge in [0.05, 0.1) is 0 Å². The van der Waals surface area contributed by atoms with Gasteiger partial charge < -0.3 is 9.32 Å². The van der Waals surface area contributed by atoms with Crippen molar-refractivity contribution >= 4 is 60.5 Å². The monoisotopic (exact) mass is 663 g/mol. The topological polar surface area (TPSA) is 16.4 Å². The quantitative estimate of drug-likeness (QED) is 0.176. The van der Waals surface area contributed by atoms with Crippen molar-refractivity contribution in [3.63, 3.8) is 0 Å². The Bertz CT molecular complexity index is 2890. The minimum Gasteiger partial charge on any atom is -0.456 e. The van der Waals surface area contributed by atoms with Gasteiger partial charge in [0, 0.05) is 27.8 Å². The molecule has 0 fully saturated rings. The maximum absolute atomic E-state index is 6.36. The molecule has 0 radical (unpaired) electrons. The fourth-order valence-corrected chi connectivity index (χ4v) is 7.69. The van der Waals surface area contributed by atoms with Gasteiger partial charge in [-0.2, -0.15) is 0 Å². The van der Waals surface area contributed by atoms with Crippen LogP contribution in [0.4, 0.5) is 17.1 Å². The number of nitrogens with zero attached hydrogens (tertiary/aromatic N) is 1. The number of para-hydroxylation sites is 2. The highest BCUT2D eigenvalue weighted by atomic mass is 16.3. The van der Waals surface area contributed by atoms with E-state index in [-0.39, 0.29) is 0 Å². The van der Waals surface area contributed by atoms with Crippen molar-refractivity contribution in [2.75, 3.05) is 4.90 Å². The van der Waals surface area contributed by atoms with Gasteiger partial charge in [0.15, 0.2) is 0 Å². The summed E-state index contributed by atoms with van der Waals surface area (Å²) in [5.74, 6) is 0. The van der Waals surface area contributed by atoms with Crippen molar-refractivity contribution < 1.29 is 4.42 Å². The highest BCUT2D eigenvalue weighted by molar-refractivity contribution is 6.13. The third kappa shape index (κ3) is 5.21. The van der Waals surface area contributed by atoms with Crippen molar-refractivity contribution in [2.24, 2.45) is 0 Å².